The van der Waals surface area contributed by atoms with E-state index in [-0.39, 0.29) is 17.5 Å². The Morgan fingerprint density at radius 2 is 2.24 bits per heavy atom. The summed E-state index contributed by atoms with van der Waals surface area (Å²) in [5.74, 6) is 1.64. The minimum Gasteiger partial charge on any atom is -0.333 e. The average molecular weight is 290 g/mol. The van der Waals surface area contributed by atoms with Crippen LogP contribution >= 0.6 is 0 Å². The first-order valence-corrected chi connectivity index (χ1v) is 8.02. The lowest BCUT2D eigenvalue weighted by Gasteiger charge is -2.54. The predicted octanol–water partition coefficient (Wildman–Crippen LogP) is 2.79. The maximum absolute atomic E-state index is 12.5. The number of hydrogen-bond donors (Lipinski definition) is 1. The smallest absolute Gasteiger partial charge is 0.318 e. The van der Waals surface area contributed by atoms with Crippen LogP contribution in [0.25, 0.3) is 0 Å². The Labute approximate surface area is 126 Å². The van der Waals surface area contributed by atoms with Crippen molar-refractivity contribution < 1.29 is 4.79 Å². The van der Waals surface area contributed by atoms with Crippen LogP contribution < -0.4 is 5.32 Å². The maximum Gasteiger partial charge on any atom is 0.318 e. The second-order valence-corrected chi connectivity index (χ2v) is 7.14. The van der Waals surface area contributed by atoms with Crippen molar-refractivity contribution in [3.05, 3.63) is 18.2 Å². The number of nitrogens with one attached hydrogen (secondary N) is 1. The normalized spacial score (nSPS) is 25.3. The van der Waals surface area contributed by atoms with Crippen molar-refractivity contribution in [1.82, 2.24) is 19.8 Å². The van der Waals surface area contributed by atoms with E-state index in [0.29, 0.717) is 12.0 Å². The molecule has 1 aromatic heterocycles. The first kappa shape index (κ1) is 14.4. The zero-order chi connectivity index (χ0) is 15.2. The molecule has 2 atom stereocenters. The summed E-state index contributed by atoms with van der Waals surface area (Å²) in [7, 11) is 0. The summed E-state index contributed by atoms with van der Waals surface area (Å²) in [4.78, 5) is 18.9. The summed E-state index contributed by atoms with van der Waals surface area (Å²) in [6, 6.07) is 0.413. The molecule has 3 rings (SSSR count). The van der Waals surface area contributed by atoms with Gasteiger partial charge in [-0.05, 0) is 32.6 Å². The van der Waals surface area contributed by atoms with Crippen molar-refractivity contribution in [1.29, 1.82) is 0 Å². The third kappa shape index (κ3) is 2.54. The molecule has 0 spiro atoms. The SMILES string of the molecule is CCn1ccnc1C(C)NC(=O)N1CC(C)(C)C1C1CC1. The molecule has 21 heavy (non-hydrogen) atoms. The van der Waals surface area contributed by atoms with Gasteiger partial charge in [-0.1, -0.05) is 13.8 Å². The summed E-state index contributed by atoms with van der Waals surface area (Å²) < 4.78 is 2.07. The number of carbonyl (C=O) groups excluding carboxylic acids is 1. The fourth-order valence-electron chi connectivity index (χ4n) is 3.74. The van der Waals surface area contributed by atoms with Crippen LogP contribution in [0, 0.1) is 11.3 Å². The van der Waals surface area contributed by atoms with Gasteiger partial charge in [-0.25, -0.2) is 9.78 Å². The molecule has 2 unspecified atom stereocenters. The lowest BCUT2D eigenvalue weighted by molar-refractivity contribution is -0.0281. The van der Waals surface area contributed by atoms with Crippen molar-refractivity contribution in [2.24, 2.45) is 11.3 Å². The molecule has 2 amide bonds. The molecular formula is C16H26N4O. The highest BCUT2D eigenvalue weighted by molar-refractivity contribution is 5.76. The van der Waals surface area contributed by atoms with Gasteiger partial charge in [-0.15, -0.1) is 0 Å². The number of imidazole rings is 1. The van der Waals surface area contributed by atoms with Crippen LogP contribution in [0.4, 0.5) is 4.79 Å². The fourth-order valence-corrected chi connectivity index (χ4v) is 3.74. The number of urea groups is 1. The van der Waals surface area contributed by atoms with Gasteiger partial charge in [0, 0.05) is 36.9 Å². The second kappa shape index (κ2) is 5.04. The van der Waals surface area contributed by atoms with E-state index in [1.54, 1.807) is 6.20 Å². The average Bonchev–Trinajstić information content (AvgIpc) is 3.09. The van der Waals surface area contributed by atoms with Gasteiger partial charge in [-0.3, -0.25) is 0 Å². The molecule has 2 heterocycles. The van der Waals surface area contributed by atoms with Gasteiger partial charge in [0.1, 0.15) is 5.82 Å². The van der Waals surface area contributed by atoms with Crippen LogP contribution in [0.3, 0.4) is 0 Å². The van der Waals surface area contributed by atoms with Crippen molar-refractivity contribution in [2.45, 2.75) is 59.2 Å². The first-order valence-electron chi connectivity index (χ1n) is 8.02. The monoisotopic (exact) mass is 290 g/mol. The van der Waals surface area contributed by atoms with Gasteiger partial charge < -0.3 is 14.8 Å². The molecule has 0 bridgehead atoms. The van der Waals surface area contributed by atoms with Crippen LogP contribution in [0.1, 0.15) is 52.4 Å². The first-order chi connectivity index (χ1) is 9.94. The molecule has 2 fully saturated rings. The molecular weight excluding hydrogens is 264 g/mol. The molecule has 116 valence electrons. The van der Waals surface area contributed by atoms with E-state index < -0.39 is 0 Å². The van der Waals surface area contributed by atoms with Crippen LogP contribution in [0.2, 0.25) is 0 Å². The quantitative estimate of drug-likeness (QED) is 0.927. The molecule has 1 saturated heterocycles. The molecule has 5 heteroatoms. The summed E-state index contributed by atoms with van der Waals surface area (Å²) in [5, 5.41) is 3.11. The van der Waals surface area contributed by atoms with Crippen LogP contribution in [0.5, 0.6) is 0 Å². The van der Waals surface area contributed by atoms with Crippen molar-refractivity contribution in [3.63, 3.8) is 0 Å². The Morgan fingerprint density at radius 1 is 1.52 bits per heavy atom. The highest BCUT2D eigenvalue weighted by atomic mass is 16.2. The largest absolute Gasteiger partial charge is 0.333 e. The number of hydrogen-bond acceptors (Lipinski definition) is 2. The van der Waals surface area contributed by atoms with Gasteiger partial charge in [0.2, 0.25) is 0 Å². The number of aryl methyl sites for hydroxylation is 1. The summed E-state index contributed by atoms with van der Waals surface area (Å²) in [5.41, 5.74) is 0.267. The molecule has 0 aromatic carbocycles. The predicted molar refractivity (Wildman–Crippen MR) is 81.8 cm³/mol. The van der Waals surface area contributed by atoms with Gasteiger partial charge in [0.15, 0.2) is 0 Å². The molecule has 0 radical (unpaired) electrons. The molecule has 1 saturated carbocycles. The van der Waals surface area contributed by atoms with Crippen LogP contribution in [0.15, 0.2) is 12.4 Å². The van der Waals surface area contributed by atoms with Gasteiger partial charge in [0.25, 0.3) is 0 Å². The maximum atomic E-state index is 12.5. The van der Waals surface area contributed by atoms with E-state index in [9.17, 15) is 4.79 Å². The number of carbonyl (C=O) groups is 1. The Morgan fingerprint density at radius 3 is 2.81 bits per heavy atom. The third-order valence-electron chi connectivity index (χ3n) is 4.86. The zero-order valence-electron chi connectivity index (χ0n) is 13.5. The number of amides is 2. The number of likely N-dealkylation sites (tertiary alicyclic amines) is 1. The topological polar surface area (TPSA) is 50.2 Å². The Balaban J connectivity index is 1.64. The molecule has 1 N–H and O–H groups in total. The Bertz CT molecular complexity index is 532. The van der Waals surface area contributed by atoms with Crippen molar-refractivity contribution in [2.75, 3.05) is 6.54 Å². The highest BCUT2D eigenvalue weighted by Gasteiger charge is 2.54. The standard InChI is InChI=1S/C16H26N4O/c1-5-19-9-8-17-14(19)11(2)18-15(21)20-10-16(3,4)13(20)12-6-7-12/h8-9,11-13H,5-7,10H2,1-4H3,(H,18,21). The minimum absolute atomic E-state index is 0.0592. The third-order valence-corrected chi connectivity index (χ3v) is 4.86. The van der Waals surface area contributed by atoms with E-state index in [0.717, 1.165) is 18.9 Å². The van der Waals surface area contributed by atoms with Gasteiger partial charge in [0.05, 0.1) is 6.04 Å². The second-order valence-electron chi connectivity index (χ2n) is 7.14. The Hall–Kier alpha value is -1.52. The molecule has 5 nitrogen and oxygen atoms in total. The van der Waals surface area contributed by atoms with Crippen LogP contribution in [-0.2, 0) is 6.54 Å². The number of nitrogens with zero attached hydrogens (tertiary/aromatic N) is 3. The summed E-state index contributed by atoms with van der Waals surface area (Å²) in [6.07, 6.45) is 6.29. The summed E-state index contributed by atoms with van der Waals surface area (Å²) in [6.45, 7) is 10.4. The van der Waals surface area contributed by atoms with Gasteiger partial charge >= 0.3 is 6.03 Å². The van der Waals surface area contributed by atoms with E-state index >= 15 is 0 Å². The Kier molecular flexibility index (Phi) is 3.46. The molecule has 1 aromatic rings. The minimum atomic E-state index is -0.0592. The number of aromatic nitrogens is 2. The van der Waals surface area contributed by atoms with E-state index in [4.69, 9.17) is 0 Å². The van der Waals surface area contributed by atoms with E-state index in [2.05, 4.69) is 35.6 Å². The molecule has 1 aliphatic carbocycles. The van der Waals surface area contributed by atoms with Crippen molar-refractivity contribution >= 4 is 6.03 Å². The van der Waals surface area contributed by atoms with E-state index in [1.165, 1.54) is 12.8 Å². The van der Waals surface area contributed by atoms with Crippen LogP contribution in [-0.4, -0.2) is 33.1 Å². The fraction of sp³-hybridized carbons (Fsp3) is 0.750. The van der Waals surface area contributed by atoms with Gasteiger partial charge in [-0.2, -0.15) is 0 Å². The van der Waals surface area contributed by atoms with Crippen molar-refractivity contribution in [3.8, 4) is 0 Å². The summed E-state index contributed by atoms with van der Waals surface area (Å²) >= 11 is 0. The molecule has 2 aliphatic rings. The highest BCUT2D eigenvalue weighted by Crippen LogP contribution is 2.50. The number of rotatable bonds is 4. The molecule has 1 aliphatic heterocycles. The lowest BCUT2D eigenvalue weighted by atomic mass is 9.72. The zero-order valence-corrected chi connectivity index (χ0v) is 13.5. The lowest BCUT2D eigenvalue weighted by Crippen LogP contribution is -2.66. The van der Waals surface area contributed by atoms with E-state index in [1.807, 2.05) is 18.0 Å².